The zero-order chi connectivity index (χ0) is 15.0. The second-order valence-corrected chi connectivity index (χ2v) is 4.42. The molecule has 0 aliphatic rings. The lowest BCUT2D eigenvalue weighted by Crippen LogP contribution is -2.45. The fraction of sp³-hybridized carbons (Fsp3) is 0.333. The van der Waals surface area contributed by atoms with E-state index in [0.717, 1.165) is 12.1 Å². The quantitative estimate of drug-likeness (QED) is 0.515. The lowest BCUT2D eigenvalue weighted by molar-refractivity contribution is -0.385. The zero-order valence-corrected chi connectivity index (χ0v) is 10.5. The second kappa shape index (κ2) is 5.00. The van der Waals surface area contributed by atoms with Crippen LogP contribution in [0.2, 0.25) is 0 Å². The van der Waals surface area contributed by atoms with E-state index < -0.39 is 34.3 Å². The molecule has 0 saturated heterocycles. The molecule has 10 heteroatoms. The van der Waals surface area contributed by atoms with Gasteiger partial charge in [0.1, 0.15) is 6.04 Å². The van der Waals surface area contributed by atoms with Gasteiger partial charge in [-0.2, -0.15) is 22.0 Å². The van der Waals surface area contributed by atoms with Crippen LogP contribution in [0.25, 0.3) is 0 Å². The number of nitro benzene ring substituents is 1. The molecule has 0 spiro atoms. The first-order chi connectivity index (χ1) is 8.48. The highest BCUT2D eigenvalue weighted by Gasteiger charge is 2.61. The third kappa shape index (κ3) is 3.00. The minimum absolute atomic E-state index is 0.0521. The first-order valence-electron chi connectivity index (χ1n) is 4.62. The van der Waals surface area contributed by atoms with Gasteiger partial charge in [-0.05, 0) is 27.6 Å². The minimum atomic E-state index is -5.84. The molecule has 0 aliphatic heterocycles. The monoisotopic (exact) mass is 348 g/mol. The van der Waals surface area contributed by atoms with E-state index in [0.29, 0.717) is 6.07 Å². The lowest BCUT2D eigenvalue weighted by Gasteiger charge is -2.25. The van der Waals surface area contributed by atoms with Crippen LogP contribution in [0, 0.1) is 10.1 Å². The van der Waals surface area contributed by atoms with Crippen LogP contribution in [0.3, 0.4) is 0 Å². The van der Waals surface area contributed by atoms with E-state index in [1.165, 1.54) is 0 Å². The molecule has 0 radical (unpaired) electrons. The summed E-state index contributed by atoms with van der Waals surface area (Å²) in [6, 6.07) is -0.297. The van der Waals surface area contributed by atoms with Gasteiger partial charge in [-0.1, -0.05) is 6.07 Å². The Bertz CT molecular complexity index is 506. The third-order valence-corrected chi connectivity index (χ3v) is 2.97. The number of hydrogen-bond acceptors (Lipinski definition) is 3. The number of nitro groups is 1. The van der Waals surface area contributed by atoms with Crippen LogP contribution in [0.1, 0.15) is 11.6 Å². The summed E-state index contributed by atoms with van der Waals surface area (Å²) >= 11 is 2.78. The van der Waals surface area contributed by atoms with Gasteiger partial charge in [-0.15, -0.1) is 0 Å². The largest absolute Gasteiger partial charge is 0.455 e. The van der Waals surface area contributed by atoms with Gasteiger partial charge in [0.05, 0.1) is 9.40 Å². The van der Waals surface area contributed by atoms with Gasteiger partial charge >= 0.3 is 12.1 Å². The Kier molecular flexibility index (Phi) is 4.15. The molecule has 0 aliphatic carbocycles. The molecule has 1 aromatic carbocycles. The van der Waals surface area contributed by atoms with Crippen molar-refractivity contribution >= 4 is 21.6 Å². The molecular formula is C9H6BrF5N2O2. The fourth-order valence-electron chi connectivity index (χ4n) is 1.25. The van der Waals surface area contributed by atoms with Crippen LogP contribution in [-0.2, 0) is 0 Å². The van der Waals surface area contributed by atoms with Crippen LogP contribution in [0.15, 0.2) is 22.7 Å². The number of halogens is 6. The Morgan fingerprint density at radius 1 is 1.26 bits per heavy atom. The SMILES string of the molecule is N[C@H](c1ccc(Br)c([N+](=O)[O-])c1)C(F)(F)C(F)(F)F. The Hall–Kier alpha value is -1.29. The number of benzene rings is 1. The van der Waals surface area contributed by atoms with E-state index in [1.54, 1.807) is 0 Å². The van der Waals surface area contributed by atoms with Crippen molar-refractivity contribution in [1.29, 1.82) is 0 Å². The molecule has 19 heavy (non-hydrogen) atoms. The van der Waals surface area contributed by atoms with Crippen molar-refractivity contribution in [2.24, 2.45) is 5.73 Å². The summed E-state index contributed by atoms with van der Waals surface area (Å²) in [4.78, 5) is 9.64. The summed E-state index contributed by atoms with van der Waals surface area (Å²) in [5, 5.41) is 10.6. The average Bonchev–Trinajstić information content (AvgIpc) is 2.26. The van der Waals surface area contributed by atoms with Crippen molar-refractivity contribution in [2.75, 3.05) is 0 Å². The van der Waals surface area contributed by atoms with E-state index in [-0.39, 0.29) is 4.47 Å². The van der Waals surface area contributed by atoms with E-state index >= 15 is 0 Å². The van der Waals surface area contributed by atoms with Crippen molar-refractivity contribution in [1.82, 2.24) is 0 Å². The third-order valence-electron chi connectivity index (χ3n) is 2.29. The summed E-state index contributed by atoms with van der Waals surface area (Å²) in [6.45, 7) is 0. The molecule has 0 unspecified atom stereocenters. The van der Waals surface area contributed by atoms with Gasteiger partial charge in [0, 0.05) is 6.07 Å². The van der Waals surface area contributed by atoms with Crippen LogP contribution < -0.4 is 5.73 Å². The van der Waals surface area contributed by atoms with Gasteiger partial charge in [0.25, 0.3) is 5.69 Å². The topological polar surface area (TPSA) is 69.2 Å². The van der Waals surface area contributed by atoms with Crippen molar-refractivity contribution in [3.8, 4) is 0 Å². The number of rotatable bonds is 3. The second-order valence-electron chi connectivity index (χ2n) is 3.57. The highest BCUT2D eigenvalue weighted by atomic mass is 79.9. The maximum absolute atomic E-state index is 13.0. The standard InChI is InChI=1S/C9H6BrF5N2O2/c10-5-2-1-4(3-6(5)17(18)19)7(16)8(11,12)9(13,14)15/h1-3,7H,16H2/t7-/m1/s1. The predicted octanol–water partition coefficient (Wildman–Crippen LogP) is 3.55. The average molecular weight is 349 g/mol. The Labute approximate surface area is 111 Å². The maximum atomic E-state index is 13.0. The van der Waals surface area contributed by atoms with Crippen molar-refractivity contribution < 1.29 is 26.9 Å². The molecule has 0 heterocycles. The van der Waals surface area contributed by atoms with Gasteiger partial charge in [-0.25, -0.2) is 0 Å². The van der Waals surface area contributed by atoms with E-state index in [2.05, 4.69) is 15.9 Å². The molecule has 0 saturated carbocycles. The molecule has 1 atom stereocenters. The Balaban J connectivity index is 3.25. The molecule has 0 fully saturated rings. The zero-order valence-electron chi connectivity index (χ0n) is 8.92. The van der Waals surface area contributed by atoms with Crippen LogP contribution >= 0.6 is 15.9 Å². The van der Waals surface area contributed by atoms with Gasteiger partial charge in [0.2, 0.25) is 0 Å². The molecule has 0 aromatic heterocycles. The van der Waals surface area contributed by atoms with Crippen LogP contribution in [0.5, 0.6) is 0 Å². The number of alkyl halides is 5. The van der Waals surface area contributed by atoms with Crippen molar-refractivity contribution in [2.45, 2.75) is 18.1 Å². The van der Waals surface area contributed by atoms with Crippen molar-refractivity contribution in [3.05, 3.63) is 38.3 Å². The first-order valence-corrected chi connectivity index (χ1v) is 5.41. The minimum Gasteiger partial charge on any atom is -0.319 e. The fourth-order valence-corrected chi connectivity index (χ4v) is 1.64. The molecule has 106 valence electrons. The number of nitrogens with zero attached hydrogens (tertiary/aromatic N) is 1. The molecule has 0 bridgehead atoms. The molecule has 1 rings (SSSR count). The summed E-state index contributed by atoms with van der Waals surface area (Å²) in [5.74, 6) is -5.19. The molecule has 1 aromatic rings. The first kappa shape index (κ1) is 15.8. The highest BCUT2D eigenvalue weighted by Crippen LogP contribution is 2.44. The molecule has 2 N–H and O–H groups in total. The van der Waals surface area contributed by atoms with Gasteiger partial charge in [0.15, 0.2) is 0 Å². The van der Waals surface area contributed by atoms with Crippen molar-refractivity contribution in [3.63, 3.8) is 0 Å². The smallest absolute Gasteiger partial charge is 0.319 e. The van der Waals surface area contributed by atoms with Gasteiger partial charge in [-0.3, -0.25) is 10.1 Å². The Morgan fingerprint density at radius 3 is 2.21 bits per heavy atom. The number of hydrogen-bond donors (Lipinski definition) is 1. The molecule has 0 amide bonds. The van der Waals surface area contributed by atoms with E-state index in [1.807, 2.05) is 0 Å². The van der Waals surface area contributed by atoms with E-state index in [4.69, 9.17) is 5.73 Å². The summed E-state index contributed by atoms with van der Waals surface area (Å²) in [6.07, 6.45) is -5.84. The number of nitrogens with two attached hydrogens (primary N) is 1. The summed E-state index contributed by atoms with van der Waals surface area (Å²) < 4.78 is 62.4. The van der Waals surface area contributed by atoms with E-state index in [9.17, 15) is 32.1 Å². The maximum Gasteiger partial charge on any atom is 0.455 e. The summed E-state index contributed by atoms with van der Waals surface area (Å²) in [7, 11) is 0. The normalized spacial score (nSPS) is 14.3. The van der Waals surface area contributed by atoms with Crippen LogP contribution in [-0.4, -0.2) is 17.0 Å². The summed E-state index contributed by atoms with van der Waals surface area (Å²) in [5.41, 5.74) is 3.54. The lowest BCUT2D eigenvalue weighted by atomic mass is 10.0. The molecule has 4 nitrogen and oxygen atoms in total. The van der Waals surface area contributed by atoms with Gasteiger partial charge < -0.3 is 5.73 Å². The van der Waals surface area contributed by atoms with Crippen LogP contribution in [0.4, 0.5) is 27.6 Å². The molecular weight excluding hydrogens is 343 g/mol. The highest BCUT2D eigenvalue weighted by molar-refractivity contribution is 9.10. The predicted molar refractivity (Wildman–Crippen MR) is 58.7 cm³/mol. The Morgan fingerprint density at radius 2 is 1.79 bits per heavy atom.